The molecule has 0 aliphatic heterocycles. The molecule has 0 saturated carbocycles. The fourth-order valence-electron chi connectivity index (χ4n) is 1.70. The predicted octanol–water partition coefficient (Wildman–Crippen LogP) is 2.19. The normalized spacial score (nSPS) is 12.6. The van der Waals surface area contributed by atoms with Crippen LogP contribution in [0.2, 0.25) is 39.3 Å². The van der Waals surface area contributed by atoms with Gasteiger partial charge in [0.15, 0.2) is 0 Å². The molecule has 0 fully saturated rings. The zero-order chi connectivity index (χ0) is 13.4. The Kier molecular flexibility index (Phi) is 3.73. The Bertz CT molecular complexity index is 425. The maximum Gasteiger partial charge on any atom is 0.417 e. The van der Waals surface area contributed by atoms with Crippen molar-refractivity contribution in [3.8, 4) is 0 Å². The van der Waals surface area contributed by atoms with E-state index >= 15 is 0 Å². The van der Waals surface area contributed by atoms with Crippen LogP contribution in [0.4, 0.5) is 4.79 Å². The third kappa shape index (κ3) is 3.10. The number of nitrogens with zero attached hydrogens (tertiary/aromatic N) is 1. The van der Waals surface area contributed by atoms with Crippen LogP contribution in [0.1, 0.15) is 0 Å². The van der Waals surface area contributed by atoms with E-state index in [1.165, 1.54) is 12.3 Å². The van der Waals surface area contributed by atoms with Crippen molar-refractivity contribution < 1.29 is 9.53 Å². The van der Waals surface area contributed by atoms with Crippen LogP contribution in [0.3, 0.4) is 0 Å². The van der Waals surface area contributed by atoms with Crippen LogP contribution in [-0.4, -0.2) is 33.9 Å². The van der Waals surface area contributed by atoms with Crippen molar-refractivity contribution in [3.63, 3.8) is 0 Å². The minimum Gasteiger partial charge on any atom is -0.452 e. The first-order chi connectivity index (χ1) is 7.57. The number of carbonyl (C=O) groups excluding carboxylic acids is 1. The van der Waals surface area contributed by atoms with Gasteiger partial charge >= 0.3 is 6.09 Å². The van der Waals surface area contributed by atoms with Gasteiger partial charge in [-0.1, -0.05) is 39.3 Å². The number of carbonyl (C=O) groups is 1. The molecule has 96 valence electrons. The number of ether oxygens (including phenoxy) is 1. The summed E-state index contributed by atoms with van der Waals surface area (Å²) in [5.41, 5.74) is 0. The Balaban J connectivity index is 3.37. The van der Waals surface area contributed by atoms with E-state index < -0.39 is 16.1 Å². The molecule has 0 spiro atoms. The van der Waals surface area contributed by atoms with Crippen molar-refractivity contribution in [1.29, 1.82) is 0 Å². The fourth-order valence-corrected chi connectivity index (χ4v) is 4.40. The van der Waals surface area contributed by atoms with Gasteiger partial charge in [0.05, 0.1) is 23.3 Å². The van der Waals surface area contributed by atoms with E-state index in [1.807, 2.05) is 6.20 Å². The molecule has 17 heavy (non-hydrogen) atoms. The Morgan fingerprint density at radius 2 is 1.65 bits per heavy atom. The van der Waals surface area contributed by atoms with Gasteiger partial charge in [-0.05, 0) is 11.3 Å². The summed E-state index contributed by atoms with van der Waals surface area (Å²) in [4.78, 5) is 11.8. The Morgan fingerprint density at radius 3 is 2.00 bits per heavy atom. The topological polar surface area (TPSA) is 31.2 Å². The Labute approximate surface area is 106 Å². The summed E-state index contributed by atoms with van der Waals surface area (Å²) in [6.07, 6.45) is 1.71. The lowest BCUT2D eigenvalue weighted by Gasteiger charge is -2.17. The first-order valence-electron chi connectivity index (χ1n) is 5.89. The molecule has 0 radical (unpaired) electrons. The predicted molar refractivity (Wildman–Crippen MR) is 78.2 cm³/mol. The average molecular weight is 269 g/mol. The first kappa shape index (κ1) is 14.2. The summed E-state index contributed by atoms with van der Waals surface area (Å²) in [7, 11) is -1.48. The number of hydrogen-bond acceptors (Lipinski definition) is 2. The van der Waals surface area contributed by atoms with Gasteiger partial charge in [0.1, 0.15) is 0 Å². The van der Waals surface area contributed by atoms with Crippen molar-refractivity contribution in [2.24, 2.45) is 0 Å². The van der Waals surface area contributed by atoms with Crippen molar-refractivity contribution >= 4 is 32.7 Å². The standard InChI is InChI=1S/C12H23NO2Si2/c1-15-12(14)13-9-10(16(2,3)4)8-11(13)17(5,6)7/h8-9H,1-7H3. The van der Waals surface area contributed by atoms with E-state index in [1.54, 1.807) is 4.57 Å². The van der Waals surface area contributed by atoms with Crippen molar-refractivity contribution in [2.75, 3.05) is 7.11 Å². The van der Waals surface area contributed by atoms with E-state index in [0.717, 1.165) is 5.32 Å². The molecule has 0 unspecified atom stereocenters. The van der Waals surface area contributed by atoms with Crippen LogP contribution in [0.15, 0.2) is 12.3 Å². The van der Waals surface area contributed by atoms with Gasteiger partial charge < -0.3 is 4.74 Å². The van der Waals surface area contributed by atoms with Gasteiger partial charge in [-0.2, -0.15) is 0 Å². The van der Waals surface area contributed by atoms with Gasteiger partial charge in [0.25, 0.3) is 0 Å². The quantitative estimate of drug-likeness (QED) is 0.771. The molecule has 0 N–H and O–H groups in total. The van der Waals surface area contributed by atoms with Crippen LogP contribution < -0.4 is 10.5 Å². The van der Waals surface area contributed by atoms with Gasteiger partial charge in [0.2, 0.25) is 0 Å². The van der Waals surface area contributed by atoms with Crippen LogP contribution in [-0.2, 0) is 4.74 Å². The molecule has 0 amide bonds. The lowest BCUT2D eigenvalue weighted by atomic mass is 10.7. The summed E-state index contributed by atoms with van der Waals surface area (Å²) in [6, 6.07) is 2.22. The number of rotatable bonds is 2. The monoisotopic (exact) mass is 269 g/mol. The third-order valence-electron chi connectivity index (χ3n) is 2.83. The molecule has 3 nitrogen and oxygen atoms in total. The molecule has 0 aromatic carbocycles. The largest absolute Gasteiger partial charge is 0.452 e. The second kappa shape index (κ2) is 4.46. The molecular weight excluding hydrogens is 246 g/mol. The van der Waals surface area contributed by atoms with Gasteiger partial charge in [0, 0.05) is 11.5 Å². The zero-order valence-corrected chi connectivity index (χ0v) is 13.9. The Hall–Kier alpha value is -0.816. The zero-order valence-electron chi connectivity index (χ0n) is 11.9. The van der Waals surface area contributed by atoms with E-state index in [-0.39, 0.29) is 6.09 Å². The summed E-state index contributed by atoms with van der Waals surface area (Å²) in [5, 5.41) is 2.47. The van der Waals surface area contributed by atoms with Crippen LogP contribution in [0.5, 0.6) is 0 Å². The van der Waals surface area contributed by atoms with Crippen LogP contribution in [0.25, 0.3) is 0 Å². The van der Waals surface area contributed by atoms with Crippen molar-refractivity contribution in [3.05, 3.63) is 12.3 Å². The highest BCUT2D eigenvalue weighted by atomic mass is 28.3. The van der Waals surface area contributed by atoms with Crippen LogP contribution in [0, 0.1) is 0 Å². The first-order valence-corrected chi connectivity index (χ1v) is 12.9. The molecule has 0 aliphatic carbocycles. The van der Waals surface area contributed by atoms with Gasteiger partial charge in [-0.15, -0.1) is 0 Å². The summed E-state index contributed by atoms with van der Waals surface area (Å²) in [5.74, 6) is 0. The summed E-state index contributed by atoms with van der Waals surface area (Å²) < 4.78 is 6.57. The van der Waals surface area contributed by atoms with E-state index in [2.05, 4.69) is 45.3 Å². The van der Waals surface area contributed by atoms with Gasteiger partial charge in [-0.25, -0.2) is 4.79 Å². The highest BCUT2D eigenvalue weighted by Crippen LogP contribution is 2.07. The van der Waals surface area contributed by atoms with Crippen molar-refractivity contribution in [1.82, 2.24) is 4.57 Å². The van der Waals surface area contributed by atoms with Gasteiger partial charge in [-0.3, -0.25) is 4.57 Å². The highest BCUT2D eigenvalue weighted by Gasteiger charge is 2.28. The number of aromatic nitrogens is 1. The molecule has 5 heteroatoms. The minimum atomic E-state index is -1.53. The molecular formula is C12H23NO2Si2. The molecule has 1 rings (SSSR count). The number of methoxy groups -OCH3 is 1. The highest BCUT2D eigenvalue weighted by molar-refractivity contribution is 6.91. The average Bonchev–Trinajstić information content (AvgIpc) is 2.59. The maximum atomic E-state index is 11.8. The van der Waals surface area contributed by atoms with Crippen LogP contribution >= 0.6 is 0 Å². The lowest BCUT2D eigenvalue weighted by molar-refractivity contribution is 0.173. The SMILES string of the molecule is COC(=O)n1cc([Si](C)(C)C)cc1[Si](C)(C)C. The second-order valence-corrected chi connectivity index (χ2v) is 16.5. The minimum absolute atomic E-state index is 0.271. The molecule has 0 aliphatic rings. The molecule has 1 aromatic heterocycles. The molecule has 0 saturated heterocycles. The molecule has 0 atom stereocenters. The molecule has 0 bridgehead atoms. The second-order valence-electron chi connectivity index (χ2n) is 6.45. The fraction of sp³-hybridized carbons (Fsp3) is 0.583. The molecule has 1 aromatic rings. The van der Waals surface area contributed by atoms with E-state index in [9.17, 15) is 4.79 Å². The molecule has 1 heterocycles. The number of hydrogen-bond donors (Lipinski definition) is 0. The van der Waals surface area contributed by atoms with E-state index in [4.69, 9.17) is 4.74 Å². The van der Waals surface area contributed by atoms with E-state index in [0.29, 0.717) is 0 Å². The summed E-state index contributed by atoms with van der Waals surface area (Å²) in [6.45, 7) is 13.6. The summed E-state index contributed by atoms with van der Waals surface area (Å²) >= 11 is 0. The van der Waals surface area contributed by atoms with Crippen molar-refractivity contribution in [2.45, 2.75) is 39.3 Å². The lowest BCUT2D eigenvalue weighted by Crippen LogP contribution is -2.45. The smallest absolute Gasteiger partial charge is 0.417 e. The third-order valence-corrected chi connectivity index (χ3v) is 6.75. The Morgan fingerprint density at radius 1 is 1.12 bits per heavy atom. The maximum absolute atomic E-state index is 11.8.